The maximum absolute atomic E-state index is 13.4. The summed E-state index contributed by atoms with van der Waals surface area (Å²) >= 11 is 15.4. The van der Waals surface area contributed by atoms with E-state index in [-0.39, 0.29) is 5.82 Å². The zero-order valence-electron chi connectivity index (χ0n) is 9.18. The molecule has 1 N–H and O–H groups in total. The molecule has 2 aromatic carbocycles. The number of hydrogen-bond acceptors (Lipinski definition) is 1. The second-order valence-corrected chi connectivity index (χ2v) is 5.42. The summed E-state index contributed by atoms with van der Waals surface area (Å²) in [4.78, 5) is 0. The summed E-state index contributed by atoms with van der Waals surface area (Å²) in [7, 11) is 0. The van der Waals surface area contributed by atoms with Crippen LogP contribution in [0.3, 0.4) is 0 Å². The summed E-state index contributed by atoms with van der Waals surface area (Å²) in [6, 6.07) is 10.0. The van der Waals surface area contributed by atoms with Crippen molar-refractivity contribution in [3.8, 4) is 0 Å². The molecule has 0 atom stereocenters. The lowest BCUT2D eigenvalue weighted by atomic mass is 10.2. The van der Waals surface area contributed by atoms with Gasteiger partial charge in [0.1, 0.15) is 5.82 Å². The van der Waals surface area contributed by atoms with E-state index in [0.29, 0.717) is 27.8 Å². The van der Waals surface area contributed by atoms with Crippen LogP contribution in [0.1, 0.15) is 5.56 Å². The van der Waals surface area contributed by atoms with Crippen molar-refractivity contribution in [2.45, 2.75) is 6.54 Å². The van der Waals surface area contributed by atoms with Crippen molar-refractivity contribution in [2.24, 2.45) is 0 Å². The molecule has 0 unspecified atom stereocenters. The van der Waals surface area contributed by atoms with Gasteiger partial charge in [-0.1, -0.05) is 57.3 Å². The second-order valence-electron chi connectivity index (χ2n) is 3.69. The third-order valence-corrected chi connectivity index (χ3v) is 3.47. The number of hydrogen-bond donors (Lipinski definition) is 1. The zero-order valence-corrected chi connectivity index (χ0v) is 12.3. The van der Waals surface area contributed by atoms with Gasteiger partial charge in [0.2, 0.25) is 0 Å². The quantitative estimate of drug-likeness (QED) is 0.771. The van der Waals surface area contributed by atoms with E-state index in [4.69, 9.17) is 23.2 Å². The Morgan fingerprint density at radius 2 is 1.72 bits per heavy atom. The van der Waals surface area contributed by atoms with Crippen molar-refractivity contribution in [2.75, 3.05) is 5.32 Å². The van der Waals surface area contributed by atoms with Gasteiger partial charge in [0, 0.05) is 16.6 Å². The summed E-state index contributed by atoms with van der Waals surface area (Å²) < 4.78 is 14.2. The van der Waals surface area contributed by atoms with Crippen LogP contribution in [0.2, 0.25) is 10.0 Å². The number of halogens is 4. The molecule has 0 aliphatic rings. The van der Waals surface area contributed by atoms with E-state index in [1.54, 1.807) is 30.3 Å². The van der Waals surface area contributed by atoms with E-state index in [1.807, 2.05) is 0 Å². The smallest absolute Gasteiger partial charge is 0.128 e. The van der Waals surface area contributed by atoms with Crippen LogP contribution in [0.5, 0.6) is 0 Å². The zero-order chi connectivity index (χ0) is 13.1. The highest BCUT2D eigenvalue weighted by Gasteiger charge is 2.08. The Hall–Kier alpha value is -0.770. The van der Waals surface area contributed by atoms with E-state index in [2.05, 4.69) is 21.2 Å². The molecule has 1 nitrogen and oxygen atoms in total. The van der Waals surface area contributed by atoms with Gasteiger partial charge in [0.25, 0.3) is 0 Å². The SMILES string of the molecule is Fc1ccccc1CNc1c(Cl)cc(Br)cc1Cl. The normalized spacial score (nSPS) is 10.4. The number of anilines is 1. The fraction of sp³-hybridized carbons (Fsp3) is 0.0769. The van der Waals surface area contributed by atoms with Gasteiger partial charge in [0.05, 0.1) is 15.7 Å². The first-order valence-electron chi connectivity index (χ1n) is 5.20. The maximum Gasteiger partial charge on any atom is 0.128 e. The first-order valence-corrected chi connectivity index (χ1v) is 6.74. The average Bonchev–Trinajstić information content (AvgIpc) is 2.30. The second kappa shape index (κ2) is 5.91. The highest BCUT2D eigenvalue weighted by Crippen LogP contribution is 2.34. The first-order chi connectivity index (χ1) is 8.58. The highest BCUT2D eigenvalue weighted by molar-refractivity contribution is 9.10. The summed E-state index contributed by atoms with van der Waals surface area (Å²) in [5, 5.41) is 4.02. The van der Waals surface area contributed by atoms with Crippen LogP contribution in [-0.2, 0) is 6.54 Å². The molecule has 0 saturated heterocycles. The lowest BCUT2D eigenvalue weighted by molar-refractivity contribution is 0.613. The fourth-order valence-corrected chi connectivity index (χ4v) is 2.88. The molecule has 0 bridgehead atoms. The molecule has 0 spiro atoms. The Morgan fingerprint density at radius 3 is 2.33 bits per heavy atom. The van der Waals surface area contributed by atoms with Gasteiger partial charge in [-0.15, -0.1) is 0 Å². The standard InChI is InChI=1S/C13H9BrCl2FN/c14-9-5-10(15)13(11(16)6-9)18-7-8-3-1-2-4-12(8)17/h1-6,18H,7H2. The molecule has 5 heteroatoms. The molecule has 0 saturated carbocycles. The average molecular weight is 349 g/mol. The minimum absolute atomic E-state index is 0.255. The van der Waals surface area contributed by atoms with Crippen molar-refractivity contribution in [3.05, 3.63) is 62.3 Å². The molecule has 2 aromatic rings. The van der Waals surface area contributed by atoms with Crippen molar-refractivity contribution in [1.29, 1.82) is 0 Å². The van der Waals surface area contributed by atoms with Gasteiger partial charge in [0.15, 0.2) is 0 Å². The predicted molar refractivity (Wildman–Crippen MR) is 77.9 cm³/mol. The Balaban J connectivity index is 2.19. The lowest BCUT2D eigenvalue weighted by Gasteiger charge is -2.11. The monoisotopic (exact) mass is 347 g/mol. The van der Waals surface area contributed by atoms with Crippen LogP contribution in [-0.4, -0.2) is 0 Å². The van der Waals surface area contributed by atoms with Gasteiger partial charge in [-0.3, -0.25) is 0 Å². The minimum Gasteiger partial charge on any atom is -0.378 e. The molecule has 0 amide bonds. The van der Waals surface area contributed by atoms with E-state index in [0.717, 1.165) is 4.47 Å². The van der Waals surface area contributed by atoms with Crippen LogP contribution < -0.4 is 5.32 Å². The van der Waals surface area contributed by atoms with Crippen molar-refractivity contribution in [3.63, 3.8) is 0 Å². The summed E-state index contributed by atoms with van der Waals surface area (Å²) in [6.07, 6.45) is 0. The van der Waals surface area contributed by atoms with Crippen LogP contribution >= 0.6 is 39.1 Å². The Kier molecular flexibility index (Phi) is 4.49. The molecule has 0 fully saturated rings. The van der Waals surface area contributed by atoms with Crippen molar-refractivity contribution in [1.82, 2.24) is 0 Å². The molecular formula is C13H9BrCl2FN. The lowest BCUT2D eigenvalue weighted by Crippen LogP contribution is -2.02. The molecule has 0 aliphatic carbocycles. The minimum atomic E-state index is -0.255. The maximum atomic E-state index is 13.4. The fourth-order valence-electron chi connectivity index (χ4n) is 1.54. The van der Waals surface area contributed by atoms with Gasteiger partial charge < -0.3 is 5.32 Å². The molecule has 94 valence electrons. The van der Waals surface area contributed by atoms with Crippen molar-refractivity contribution >= 4 is 44.8 Å². The van der Waals surface area contributed by atoms with E-state index in [1.165, 1.54) is 6.07 Å². The number of nitrogens with one attached hydrogen (secondary N) is 1. The van der Waals surface area contributed by atoms with Crippen LogP contribution in [0, 0.1) is 5.82 Å². The van der Waals surface area contributed by atoms with Crippen molar-refractivity contribution < 1.29 is 4.39 Å². The predicted octanol–water partition coefficient (Wildman–Crippen LogP) is 5.51. The summed E-state index contributed by atoms with van der Waals surface area (Å²) in [5.41, 5.74) is 1.16. The Labute approximate surface area is 123 Å². The van der Waals surface area contributed by atoms with Gasteiger partial charge in [-0.25, -0.2) is 4.39 Å². The van der Waals surface area contributed by atoms with Crippen LogP contribution in [0.15, 0.2) is 40.9 Å². The van der Waals surface area contributed by atoms with E-state index in [9.17, 15) is 4.39 Å². The number of rotatable bonds is 3. The van der Waals surface area contributed by atoms with Gasteiger partial charge >= 0.3 is 0 Å². The molecule has 2 rings (SSSR count). The van der Waals surface area contributed by atoms with E-state index >= 15 is 0 Å². The van der Waals surface area contributed by atoms with Gasteiger partial charge in [-0.2, -0.15) is 0 Å². The van der Waals surface area contributed by atoms with E-state index < -0.39 is 0 Å². The Morgan fingerprint density at radius 1 is 1.11 bits per heavy atom. The summed E-state index contributed by atoms with van der Waals surface area (Å²) in [6.45, 7) is 0.327. The third kappa shape index (κ3) is 3.16. The molecule has 0 aromatic heterocycles. The molecule has 18 heavy (non-hydrogen) atoms. The third-order valence-electron chi connectivity index (χ3n) is 2.42. The first kappa shape index (κ1) is 13.7. The number of benzene rings is 2. The largest absolute Gasteiger partial charge is 0.378 e. The summed E-state index contributed by atoms with van der Waals surface area (Å²) in [5.74, 6) is -0.255. The van der Waals surface area contributed by atoms with Gasteiger partial charge in [-0.05, 0) is 18.2 Å². The van der Waals surface area contributed by atoms with Crippen LogP contribution in [0.25, 0.3) is 0 Å². The van der Waals surface area contributed by atoms with Crippen LogP contribution in [0.4, 0.5) is 10.1 Å². The molecule has 0 radical (unpaired) electrons. The topological polar surface area (TPSA) is 12.0 Å². The molecule has 0 aliphatic heterocycles. The highest BCUT2D eigenvalue weighted by atomic mass is 79.9. The molecular weight excluding hydrogens is 340 g/mol. The molecule has 0 heterocycles. The Bertz CT molecular complexity index is 552.